The highest BCUT2D eigenvalue weighted by Gasteiger charge is 2.09. The number of ether oxygens (including phenoxy) is 1. The van der Waals surface area contributed by atoms with E-state index in [0.717, 1.165) is 5.56 Å². The number of carboxylic acids is 1. The SMILES string of the molecule is O=C(O)c1cc(OCc2ccsc2)ccc1Br. The Labute approximate surface area is 111 Å². The van der Waals surface area contributed by atoms with E-state index in [4.69, 9.17) is 9.84 Å². The predicted octanol–water partition coefficient (Wildman–Crippen LogP) is 3.79. The largest absolute Gasteiger partial charge is 0.489 e. The zero-order valence-corrected chi connectivity index (χ0v) is 11.1. The maximum Gasteiger partial charge on any atom is 0.336 e. The first-order valence-corrected chi connectivity index (χ1v) is 6.57. The summed E-state index contributed by atoms with van der Waals surface area (Å²) in [7, 11) is 0. The van der Waals surface area contributed by atoms with E-state index in [9.17, 15) is 4.79 Å². The number of benzene rings is 1. The first-order valence-electron chi connectivity index (χ1n) is 4.83. The van der Waals surface area contributed by atoms with E-state index < -0.39 is 5.97 Å². The molecule has 0 aliphatic carbocycles. The summed E-state index contributed by atoms with van der Waals surface area (Å²) in [4.78, 5) is 10.9. The van der Waals surface area contributed by atoms with E-state index >= 15 is 0 Å². The van der Waals surface area contributed by atoms with Crippen molar-refractivity contribution in [2.75, 3.05) is 0 Å². The Morgan fingerprint density at radius 1 is 1.41 bits per heavy atom. The lowest BCUT2D eigenvalue weighted by molar-refractivity contribution is 0.0695. The van der Waals surface area contributed by atoms with E-state index in [2.05, 4.69) is 15.9 Å². The molecule has 0 bridgehead atoms. The number of carboxylic acid groups (broad SMARTS) is 1. The fourth-order valence-electron chi connectivity index (χ4n) is 1.30. The van der Waals surface area contributed by atoms with Crippen LogP contribution in [0.1, 0.15) is 15.9 Å². The highest BCUT2D eigenvalue weighted by Crippen LogP contribution is 2.23. The van der Waals surface area contributed by atoms with Crippen molar-refractivity contribution < 1.29 is 14.6 Å². The number of halogens is 1. The van der Waals surface area contributed by atoms with Crippen LogP contribution in [-0.4, -0.2) is 11.1 Å². The van der Waals surface area contributed by atoms with Crippen molar-refractivity contribution in [1.82, 2.24) is 0 Å². The topological polar surface area (TPSA) is 46.5 Å². The predicted molar refractivity (Wildman–Crippen MR) is 69.8 cm³/mol. The Bertz CT molecular complexity index is 523. The van der Waals surface area contributed by atoms with Crippen molar-refractivity contribution in [1.29, 1.82) is 0 Å². The molecule has 0 spiro atoms. The second-order valence-electron chi connectivity index (χ2n) is 3.37. The summed E-state index contributed by atoms with van der Waals surface area (Å²) in [6.45, 7) is 0.449. The van der Waals surface area contributed by atoms with Crippen LogP contribution in [0.3, 0.4) is 0 Å². The number of carbonyl (C=O) groups is 1. The van der Waals surface area contributed by atoms with E-state index in [1.165, 1.54) is 6.07 Å². The quantitative estimate of drug-likeness (QED) is 0.934. The van der Waals surface area contributed by atoms with E-state index in [0.29, 0.717) is 16.8 Å². The minimum atomic E-state index is -0.974. The fraction of sp³-hybridized carbons (Fsp3) is 0.0833. The first kappa shape index (κ1) is 12.1. The molecule has 0 unspecified atom stereocenters. The zero-order valence-electron chi connectivity index (χ0n) is 8.72. The average Bonchev–Trinajstić information content (AvgIpc) is 2.80. The molecule has 0 atom stereocenters. The van der Waals surface area contributed by atoms with Crippen molar-refractivity contribution in [3.05, 3.63) is 50.6 Å². The van der Waals surface area contributed by atoms with Gasteiger partial charge in [-0.3, -0.25) is 0 Å². The van der Waals surface area contributed by atoms with Gasteiger partial charge in [0, 0.05) is 4.47 Å². The van der Waals surface area contributed by atoms with Gasteiger partial charge >= 0.3 is 5.97 Å². The molecule has 2 aromatic rings. The third-order valence-corrected chi connectivity index (χ3v) is 3.58. The maximum atomic E-state index is 10.9. The number of hydrogen-bond donors (Lipinski definition) is 1. The van der Waals surface area contributed by atoms with Crippen LogP contribution in [0.4, 0.5) is 0 Å². The highest BCUT2D eigenvalue weighted by molar-refractivity contribution is 9.10. The number of aromatic carboxylic acids is 1. The molecule has 0 aliphatic heterocycles. The summed E-state index contributed by atoms with van der Waals surface area (Å²) >= 11 is 4.79. The standard InChI is InChI=1S/C12H9BrO3S/c13-11-2-1-9(5-10(11)12(14)15)16-6-8-3-4-17-7-8/h1-5,7H,6H2,(H,14,15). The van der Waals surface area contributed by atoms with Crippen LogP contribution in [-0.2, 0) is 6.61 Å². The van der Waals surface area contributed by atoms with Crippen LogP contribution in [0.2, 0.25) is 0 Å². The molecule has 0 radical (unpaired) electrons. The van der Waals surface area contributed by atoms with Gasteiger partial charge in [0.2, 0.25) is 0 Å². The minimum Gasteiger partial charge on any atom is -0.489 e. The van der Waals surface area contributed by atoms with Gasteiger partial charge in [0.25, 0.3) is 0 Å². The lowest BCUT2D eigenvalue weighted by Crippen LogP contribution is -2.00. The molecule has 0 fully saturated rings. The van der Waals surface area contributed by atoms with Crippen LogP contribution in [0, 0.1) is 0 Å². The fourth-order valence-corrected chi connectivity index (χ4v) is 2.37. The zero-order chi connectivity index (χ0) is 12.3. The summed E-state index contributed by atoms with van der Waals surface area (Å²) in [5.74, 6) is -0.422. The van der Waals surface area contributed by atoms with Crippen LogP contribution < -0.4 is 4.74 Å². The molecule has 1 aromatic heterocycles. The Morgan fingerprint density at radius 3 is 2.88 bits per heavy atom. The molecule has 0 saturated carbocycles. The molecule has 1 heterocycles. The summed E-state index contributed by atoms with van der Waals surface area (Å²) in [6.07, 6.45) is 0. The van der Waals surface area contributed by atoms with E-state index in [1.807, 2.05) is 16.8 Å². The summed E-state index contributed by atoms with van der Waals surface area (Å²) in [6, 6.07) is 6.90. The van der Waals surface area contributed by atoms with Crippen LogP contribution in [0.25, 0.3) is 0 Å². The molecule has 17 heavy (non-hydrogen) atoms. The molecule has 88 valence electrons. The second kappa shape index (κ2) is 5.33. The molecule has 0 aliphatic rings. The summed E-state index contributed by atoms with van der Waals surface area (Å²) in [5, 5.41) is 12.9. The maximum absolute atomic E-state index is 10.9. The third-order valence-electron chi connectivity index (χ3n) is 2.15. The number of hydrogen-bond acceptors (Lipinski definition) is 3. The minimum absolute atomic E-state index is 0.202. The molecular weight excluding hydrogens is 304 g/mol. The number of thiophene rings is 1. The van der Waals surface area contributed by atoms with Gasteiger partial charge in [0.05, 0.1) is 5.56 Å². The molecule has 1 N–H and O–H groups in total. The summed E-state index contributed by atoms with van der Waals surface area (Å²) < 4.78 is 6.07. The van der Waals surface area contributed by atoms with Gasteiger partial charge in [0.15, 0.2) is 0 Å². The monoisotopic (exact) mass is 312 g/mol. The second-order valence-corrected chi connectivity index (χ2v) is 5.00. The summed E-state index contributed by atoms with van der Waals surface area (Å²) in [5.41, 5.74) is 1.28. The van der Waals surface area contributed by atoms with Gasteiger partial charge < -0.3 is 9.84 Å². The normalized spacial score (nSPS) is 10.2. The molecule has 1 aromatic carbocycles. The lowest BCUT2D eigenvalue weighted by atomic mass is 10.2. The van der Waals surface area contributed by atoms with Crippen molar-refractivity contribution in [2.24, 2.45) is 0 Å². The van der Waals surface area contributed by atoms with Crippen molar-refractivity contribution in [2.45, 2.75) is 6.61 Å². The van der Waals surface area contributed by atoms with Crippen LogP contribution >= 0.6 is 27.3 Å². The number of rotatable bonds is 4. The van der Waals surface area contributed by atoms with E-state index in [1.54, 1.807) is 23.5 Å². The Balaban J connectivity index is 2.11. The van der Waals surface area contributed by atoms with Gasteiger partial charge in [-0.15, -0.1) is 0 Å². The molecular formula is C12H9BrO3S. The van der Waals surface area contributed by atoms with Gasteiger partial charge in [-0.2, -0.15) is 11.3 Å². The van der Waals surface area contributed by atoms with Crippen LogP contribution in [0.15, 0.2) is 39.5 Å². The van der Waals surface area contributed by atoms with Gasteiger partial charge in [-0.25, -0.2) is 4.79 Å². The van der Waals surface area contributed by atoms with Gasteiger partial charge in [0.1, 0.15) is 12.4 Å². The Hall–Kier alpha value is -1.33. The average molecular weight is 313 g/mol. The van der Waals surface area contributed by atoms with E-state index in [-0.39, 0.29) is 5.56 Å². The van der Waals surface area contributed by atoms with Gasteiger partial charge in [-0.05, 0) is 56.5 Å². The Morgan fingerprint density at radius 2 is 2.24 bits per heavy atom. The van der Waals surface area contributed by atoms with Crippen LogP contribution in [0.5, 0.6) is 5.75 Å². The van der Waals surface area contributed by atoms with Crippen molar-refractivity contribution in [3.63, 3.8) is 0 Å². The lowest BCUT2D eigenvalue weighted by Gasteiger charge is -2.06. The smallest absolute Gasteiger partial charge is 0.336 e. The van der Waals surface area contributed by atoms with Crippen molar-refractivity contribution in [3.8, 4) is 5.75 Å². The first-order chi connectivity index (χ1) is 8.16. The molecule has 0 amide bonds. The molecule has 3 nitrogen and oxygen atoms in total. The molecule has 2 rings (SSSR count). The van der Waals surface area contributed by atoms with Crippen molar-refractivity contribution >= 4 is 33.2 Å². The Kier molecular flexibility index (Phi) is 3.81. The highest BCUT2D eigenvalue weighted by atomic mass is 79.9. The third kappa shape index (κ3) is 3.08. The van der Waals surface area contributed by atoms with Gasteiger partial charge in [-0.1, -0.05) is 0 Å². The molecule has 0 saturated heterocycles. The molecule has 5 heteroatoms.